The number of ether oxygens (including phenoxy) is 2. The number of allylic oxidation sites excluding steroid dienone is 1. The van der Waals surface area contributed by atoms with Crippen LogP contribution in [0.15, 0.2) is 35.5 Å². The molecular formula is C17H21FN2O4. The van der Waals surface area contributed by atoms with Gasteiger partial charge in [-0.3, -0.25) is 0 Å². The third-order valence-corrected chi connectivity index (χ3v) is 3.47. The van der Waals surface area contributed by atoms with Crippen molar-refractivity contribution in [3.8, 4) is 0 Å². The Labute approximate surface area is 140 Å². The molecule has 6 nitrogen and oxygen atoms in total. The minimum atomic E-state index is -0.904. The number of urea groups is 1. The normalized spacial score (nSPS) is 17.5. The van der Waals surface area contributed by atoms with Gasteiger partial charge in [0.25, 0.3) is 0 Å². The molecule has 0 bridgehead atoms. The van der Waals surface area contributed by atoms with E-state index in [1.54, 1.807) is 19.1 Å². The first-order valence-electron chi connectivity index (χ1n) is 7.71. The van der Waals surface area contributed by atoms with Crippen LogP contribution in [0.25, 0.3) is 0 Å². The van der Waals surface area contributed by atoms with Gasteiger partial charge in [-0.1, -0.05) is 18.2 Å². The average Bonchev–Trinajstić information content (AvgIpc) is 2.51. The van der Waals surface area contributed by atoms with Crippen LogP contribution in [0.2, 0.25) is 0 Å². The molecule has 0 spiro atoms. The summed E-state index contributed by atoms with van der Waals surface area (Å²) >= 11 is 0. The highest BCUT2D eigenvalue weighted by atomic mass is 19.1. The number of hydrogen-bond acceptors (Lipinski definition) is 4. The summed E-state index contributed by atoms with van der Waals surface area (Å²) in [6, 6.07) is 4.58. The first-order valence-corrected chi connectivity index (χ1v) is 7.71. The van der Waals surface area contributed by atoms with Gasteiger partial charge in [0.05, 0.1) is 24.3 Å². The molecule has 1 atom stereocenters. The lowest BCUT2D eigenvalue weighted by molar-refractivity contribution is -0.141. The van der Waals surface area contributed by atoms with E-state index in [2.05, 4.69) is 10.6 Å². The van der Waals surface area contributed by atoms with Gasteiger partial charge in [-0.15, -0.1) is 0 Å². The van der Waals surface area contributed by atoms with E-state index in [0.717, 1.165) is 0 Å². The number of halogens is 1. The number of benzene rings is 1. The maximum absolute atomic E-state index is 14.1. The van der Waals surface area contributed by atoms with Gasteiger partial charge in [0.15, 0.2) is 0 Å². The van der Waals surface area contributed by atoms with Crippen molar-refractivity contribution < 1.29 is 23.5 Å². The predicted molar refractivity (Wildman–Crippen MR) is 85.6 cm³/mol. The second-order valence-corrected chi connectivity index (χ2v) is 5.65. The maximum Gasteiger partial charge on any atom is 0.338 e. The molecular weight excluding hydrogens is 315 g/mol. The third kappa shape index (κ3) is 4.32. The van der Waals surface area contributed by atoms with Crippen LogP contribution in [-0.4, -0.2) is 31.3 Å². The Balaban J connectivity index is 2.19. The predicted octanol–water partition coefficient (Wildman–Crippen LogP) is 2.42. The lowest BCUT2D eigenvalue weighted by Gasteiger charge is -2.28. The number of esters is 1. The van der Waals surface area contributed by atoms with E-state index in [9.17, 15) is 14.0 Å². The summed E-state index contributed by atoms with van der Waals surface area (Å²) in [7, 11) is 0. The molecule has 0 fully saturated rings. The molecule has 2 amide bonds. The Morgan fingerprint density at radius 1 is 1.29 bits per heavy atom. The number of carbonyl (C=O) groups excluding carboxylic acids is 2. The Kier molecular flexibility index (Phi) is 5.92. The molecule has 0 saturated carbocycles. The molecule has 0 saturated heterocycles. The van der Waals surface area contributed by atoms with Crippen molar-refractivity contribution in [2.45, 2.75) is 32.9 Å². The monoisotopic (exact) mass is 336 g/mol. The fraction of sp³-hybridized carbons (Fsp3) is 0.412. The fourth-order valence-electron chi connectivity index (χ4n) is 2.40. The highest BCUT2D eigenvalue weighted by molar-refractivity contribution is 5.95. The van der Waals surface area contributed by atoms with E-state index in [1.165, 1.54) is 12.1 Å². The Morgan fingerprint density at radius 3 is 2.67 bits per heavy atom. The van der Waals surface area contributed by atoms with Crippen LogP contribution in [0.5, 0.6) is 0 Å². The molecule has 24 heavy (non-hydrogen) atoms. The molecule has 2 N–H and O–H groups in total. The van der Waals surface area contributed by atoms with Crippen molar-refractivity contribution in [3.05, 3.63) is 46.9 Å². The molecule has 130 valence electrons. The molecule has 0 radical (unpaired) electrons. The molecule has 0 unspecified atom stereocenters. The van der Waals surface area contributed by atoms with Gasteiger partial charge >= 0.3 is 12.0 Å². The van der Waals surface area contributed by atoms with Gasteiger partial charge in [0.1, 0.15) is 12.4 Å². The molecule has 1 aromatic rings. The standard InChI is InChI=1S/C17H21FN2O4/c1-10(2)23-8-9-24-16(21)14-11(3)19-17(22)20-15(14)12-6-4-5-7-13(12)18/h4-7,10,15H,8-9H2,1-3H3,(H2,19,20,22)/t15-/m0/s1. The Hall–Kier alpha value is -2.41. The Bertz CT molecular complexity index is 658. The zero-order valence-electron chi connectivity index (χ0n) is 13.9. The molecule has 1 aliphatic heterocycles. The van der Waals surface area contributed by atoms with Gasteiger partial charge in [-0.2, -0.15) is 0 Å². The molecule has 0 aliphatic carbocycles. The summed E-state index contributed by atoms with van der Waals surface area (Å²) in [5.41, 5.74) is 0.711. The average molecular weight is 336 g/mol. The lowest BCUT2D eigenvalue weighted by Crippen LogP contribution is -2.45. The van der Waals surface area contributed by atoms with E-state index in [-0.39, 0.29) is 30.5 Å². The van der Waals surface area contributed by atoms with Crippen molar-refractivity contribution in [2.75, 3.05) is 13.2 Å². The van der Waals surface area contributed by atoms with E-state index < -0.39 is 23.9 Å². The molecule has 1 heterocycles. The zero-order chi connectivity index (χ0) is 17.7. The van der Waals surface area contributed by atoms with Gasteiger partial charge in [0, 0.05) is 11.3 Å². The first kappa shape index (κ1) is 17.9. The number of hydrogen-bond donors (Lipinski definition) is 2. The third-order valence-electron chi connectivity index (χ3n) is 3.47. The summed E-state index contributed by atoms with van der Waals surface area (Å²) in [4.78, 5) is 24.1. The summed E-state index contributed by atoms with van der Waals surface area (Å²) in [5, 5.41) is 5.08. The van der Waals surface area contributed by atoms with E-state index >= 15 is 0 Å². The highest BCUT2D eigenvalue weighted by Gasteiger charge is 2.33. The largest absolute Gasteiger partial charge is 0.460 e. The van der Waals surface area contributed by atoms with Crippen LogP contribution < -0.4 is 10.6 Å². The summed E-state index contributed by atoms with van der Waals surface area (Å²) in [5.74, 6) is -1.13. The fourth-order valence-corrected chi connectivity index (χ4v) is 2.40. The van der Waals surface area contributed by atoms with Crippen molar-refractivity contribution in [1.82, 2.24) is 10.6 Å². The van der Waals surface area contributed by atoms with Crippen LogP contribution in [0.4, 0.5) is 9.18 Å². The van der Waals surface area contributed by atoms with Crippen LogP contribution in [0.3, 0.4) is 0 Å². The van der Waals surface area contributed by atoms with Crippen molar-refractivity contribution >= 4 is 12.0 Å². The highest BCUT2D eigenvalue weighted by Crippen LogP contribution is 2.29. The van der Waals surface area contributed by atoms with Crippen molar-refractivity contribution in [2.24, 2.45) is 0 Å². The molecule has 2 rings (SSSR count). The van der Waals surface area contributed by atoms with E-state index in [4.69, 9.17) is 9.47 Å². The van der Waals surface area contributed by atoms with Gasteiger partial charge < -0.3 is 20.1 Å². The second kappa shape index (κ2) is 7.92. The van der Waals surface area contributed by atoms with Crippen molar-refractivity contribution in [3.63, 3.8) is 0 Å². The van der Waals surface area contributed by atoms with Gasteiger partial charge in [-0.25, -0.2) is 14.0 Å². The molecule has 1 aliphatic rings. The summed E-state index contributed by atoms with van der Waals surface area (Å²) in [6.07, 6.45) is 0.0338. The quantitative estimate of drug-likeness (QED) is 0.618. The number of rotatable bonds is 6. The van der Waals surface area contributed by atoms with Crippen LogP contribution in [-0.2, 0) is 14.3 Å². The molecule has 0 aromatic heterocycles. The van der Waals surface area contributed by atoms with Gasteiger partial charge in [-0.05, 0) is 26.8 Å². The summed E-state index contributed by atoms with van der Waals surface area (Å²) < 4.78 is 24.6. The SMILES string of the molecule is CC1=C(C(=O)OCCOC(C)C)[C@H](c2ccccc2F)NC(=O)N1. The number of carbonyl (C=O) groups is 2. The maximum atomic E-state index is 14.1. The molecule has 1 aromatic carbocycles. The minimum Gasteiger partial charge on any atom is -0.460 e. The van der Waals surface area contributed by atoms with Crippen LogP contribution in [0.1, 0.15) is 32.4 Å². The Morgan fingerprint density at radius 2 is 2.00 bits per heavy atom. The zero-order valence-corrected chi connectivity index (χ0v) is 13.9. The van der Waals surface area contributed by atoms with Crippen molar-refractivity contribution in [1.29, 1.82) is 0 Å². The number of nitrogens with one attached hydrogen (secondary N) is 2. The summed E-state index contributed by atoms with van der Waals surface area (Å²) in [6.45, 7) is 5.67. The molecule has 7 heteroatoms. The van der Waals surface area contributed by atoms with Gasteiger partial charge in [0.2, 0.25) is 0 Å². The minimum absolute atomic E-state index is 0.0338. The smallest absolute Gasteiger partial charge is 0.338 e. The van der Waals surface area contributed by atoms with Crippen LogP contribution >= 0.6 is 0 Å². The van der Waals surface area contributed by atoms with E-state index in [1.807, 2.05) is 13.8 Å². The van der Waals surface area contributed by atoms with Crippen LogP contribution in [0, 0.1) is 5.82 Å². The van der Waals surface area contributed by atoms with E-state index in [0.29, 0.717) is 5.70 Å². The lowest BCUT2D eigenvalue weighted by atomic mass is 9.95. The first-order chi connectivity index (χ1) is 11.4. The topological polar surface area (TPSA) is 76.7 Å². The number of amides is 2. The second-order valence-electron chi connectivity index (χ2n) is 5.65.